The smallest absolute Gasteiger partial charge is 0.407 e. The maximum Gasteiger partial charge on any atom is 0.407 e. The third kappa shape index (κ3) is 3.15. The van der Waals surface area contributed by atoms with Gasteiger partial charge in [0.15, 0.2) is 5.60 Å². The Balaban J connectivity index is 1.16. The zero-order valence-electron chi connectivity index (χ0n) is 18.9. The van der Waals surface area contributed by atoms with Crippen molar-refractivity contribution >= 4 is 23.7 Å². The number of carbonyl (C=O) groups excluding carboxylic acids is 2. The summed E-state index contributed by atoms with van der Waals surface area (Å²) in [6, 6.07) is 15.7. The van der Waals surface area contributed by atoms with E-state index in [0.29, 0.717) is 51.3 Å². The molecule has 3 heterocycles. The lowest BCUT2D eigenvalue weighted by Gasteiger charge is -2.34. The van der Waals surface area contributed by atoms with Crippen LogP contribution in [0.3, 0.4) is 0 Å². The largest absolute Gasteiger partial charge is 0.465 e. The molecule has 2 amide bonds. The SMILES string of the molecule is O=C1OC2(CCN(C(=O)C3(c4ccc(N5CCN(C(=O)O)CC5)cc4)CC3)C2)c2ccccc21. The summed E-state index contributed by atoms with van der Waals surface area (Å²) in [5.74, 6) is -0.182. The van der Waals surface area contributed by atoms with Crippen molar-refractivity contribution in [3.05, 3.63) is 65.2 Å². The highest BCUT2D eigenvalue weighted by atomic mass is 16.6. The van der Waals surface area contributed by atoms with Gasteiger partial charge in [0.05, 0.1) is 17.5 Å². The highest BCUT2D eigenvalue weighted by molar-refractivity contribution is 5.96. The Labute approximate surface area is 197 Å². The van der Waals surface area contributed by atoms with Gasteiger partial charge in [-0.05, 0) is 36.6 Å². The predicted octanol–water partition coefficient (Wildman–Crippen LogP) is 2.82. The topological polar surface area (TPSA) is 90.4 Å². The van der Waals surface area contributed by atoms with Crippen molar-refractivity contribution in [3.8, 4) is 0 Å². The van der Waals surface area contributed by atoms with Crippen LogP contribution in [0.1, 0.15) is 40.7 Å². The first kappa shape index (κ1) is 21.0. The zero-order valence-corrected chi connectivity index (χ0v) is 18.9. The van der Waals surface area contributed by atoms with Crippen molar-refractivity contribution in [1.29, 1.82) is 0 Å². The number of esters is 1. The molecule has 1 unspecified atom stereocenters. The van der Waals surface area contributed by atoms with Gasteiger partial charge in [0.2, 0.25) is 5.91 Å². The van der Waals surface area contributed by atoms with E-state index in [9.17, 15) is 14.4 Å². The average molecular weight is 462 g/mol. The highest BCUT2D eigenvalue weighted by Crippen LogP contribution is 2.52. The fourth-order valence-electron chi connectivity index (χ4n) is 5.81. The summed E-state index contributed by atoms with van der Waals surface area (Å²) in [5.41, 5.74) is 2.36. The molecule has 8 nitrogen and oxygen atoms in total. The first-order chi connectivity index (χ1) is 16.4. The Bertz CT molecular complexity index is 1170. The first-order valence-corrected chi connectivity index (χ1v) is 11.9. The fraction of sp³-hybridized carbons (Fsp3) is 0.423. The number of carboxylic acid groups (broad SMARTS) is 1. The molecule has 8 heteroatoms. The lowest BCUT2D eigenvalue weighted by atomic mass is 9.91. The van der Waals surface area contributed by atoms with Crippen LogP contribution in [0.5, 0.6) is 0 Å². The number of benzene rings is 2. The maximum atomic E-state index is 13.7. The number of hydrogen-bond donors (Lipinski definition) is 1. The molecule has 2 aromatic rings. The van der Waals surface area contributed by atoms with Crippen LogP contribution >= 0.6 is 0 Å². The average Bonchev–Trinajstić information content (AvgIpc) is 3.50. The van der Waals surface area contributed by atoms with Crippen LogP contribution in [0.25, 0.3) is 0 Å². The minimum atomic E-state index is -0.872. The summed E-state index contributed by atoms with van der Waals surface area (Å²) >= 11 is 0. The van der Waals surface area contributed by atoms with Gasteiger partial charge in [-0.1, -0.05) is 30.3 Å². The van der Waals surface area contributed by atoms with E-state index >= 15 is 0 Å². The molecule has 0 aromatic heterocycles. The fourth-order valence-corrected chi connectivity index (χ4v) is 5.81. The minimum absolute atomic E-state index is 0.118. The van der Waals surface area contributed by atoms with Crippen molar-refractivity contribution in [2.75, 3.05) is 44.2 Å². The summed E-state index contributed by atoms with van der Waals surface area (Å²) in [7, 11) is 0. The number of piperazine rings is 1. The van der Waals surface area contributed by atoms with Crippen molar-refractivity contribution in [3.63, 3.8) is 0 Å². The lowest BCUT2D eigenvalue weighted by Crippen LogP contribution is -2.48. The molecule has 0 bridgehead atoms. The van der Waals surface area contributed by atoms with Crippen molar-refractivity contribution in [2.45, 2.75) is 30.3 Å². The molecule has 3 fully saturated rings. The molecule has 1 aliphatic carbocycles. The van der Waals surface area contributed by atoms with Gasteiger partial charge in [0.25, 0.3) is 0 Å². The molecule has 1 atom stereocenters. The quantitative estimate of drug-likeness (QED) is 0.707. The molecule has 34 heavy (non-hydrogen) atoms. The zero-order chi connectivity index (χ0) is 23.5. The highest BCUT2D eigenvalue weighted by Gasteiger charge is 2.57. The minimum Gasteiger partial charge on any atom is -0.465 e. The molecule has 0 radical (unpaired) electrons. The number of anilines is 1. The number of ether oxygens (including phenoxy) is 1. The molecule has 176 valence electrons. The Hall–Kier alpha value is -3.55. The van der Waals surface area contributed by atoms with Crippen LogP contribution in [0.15, 0.2) is 48.5 Å². The molecule has 1 N–H and O–H groups in total. The van der Waals surface area contributed by atoms with E-state index in [4.69, 9.17) is 9.84 Å². The molecular weight excluding hydrogens is 434 g/mol. The van der Waals surface area contributed by atoms with E-state index in [1.165, 1.54) is 4.90 Å². The summed E-state index contributed by atoms with van der Waals surface area (Å²) < 4.78 is 5.83. The molecule has 4 aliphatic rings. The molecular formula is C26H27N3O5. The Morgan fingerprint density at radius 3 is 2.24 bits per heavy atom. The standard InChI is InChI=1S/C26H27N3O5/c30-22-20-3-1-2-4-21(20)26(34-22)11-12-29(17-26)23(31)25(9-10-25)18-5-7-19(8-6-18)27-13-15-28(16-14-27)24(32)33/h1-8H,9-17H2,(H,32,33). The van der Waals surface area contributed by atoms with E-state index in [1.807, 2.05) is 47.4 Å². The molecule has 2 saturated heterocycles. The second-order valence-electron chi connectivity index (χ2n) is 9.79. The molecule has 2 aromatic carbocycles. The predicted molar refractivity (Wildman–Crippen MR) is 124 cm³/mol. The molecule has 1 saturated carbocycles. The number of nitrogens with zero attached hydrogens (tertiary/aromatic N) is 3. The second-order valence-corrected chi connectivity index (χ2v) is 9.79. The Morgan fingerprint density at radius 1 is 0.853 bits per heavy atom. The number of carbonyl (C=O) groups is 3. The van der Waals surface area contributed by atoms with Crippen LogP contribution < -0.4 is 4.90 Å². The van der Waals surface area contributed by atoms with Crippen LogP contribution in [0, 0.1) is 0 Å². The molecule has 6 rings (SSSR count). The van der Waals surface area contributed by atoms with Crippen LogP contribution in [-0.4, -0.2) is 72.1 Å². The van der Waals surface area contributed by atoms with Gasteiger partial charge in [0.1, 0.15) is 0 Å². The van der Waals surface area contributed by atoms with Gasteiger partial charge in [-0.2, -0.15) is 0 Å². The van der Waals surface area contributed by atoms with E-state index < -0.39 is 17.1 Å². The lowest BCUT2D eigenvalue weighted by molar-refractivity contribution is -0.134. The van der Waals surface area contributed by atoms with Crippen molar-refractivity contribution in [2.24, 2.45) is 0 Å². The van der Waals surface area contributed by atoms with Gasteiger partial charge in [-0.25, -0.2) is 9.59 Å². The number of likely N-dealkylation sites (tertiary alicyclic amines) is 1. The Morgan fingerprint density at radius 2 is 1.56 bits per heavy atom. The normalized spacial score (nSPS) is 24.8. The molecule has 1 spiro atoms. The van der Waals surface area contributed by atoms with E-state index in [2.05, 4.69) is 4.90 Å². The van der Waals surface area contributed by atoms with Gasteiger partial charge in [0, 0.05) is 50.4 Å². The van der Waals surface area contributed by atoms with Gasteiger partial charge >= 0.3 is 12.1 Å². The van der Waals surface area contributed by atoms with Gasteiger partial charge in [-0.3, -0.25) is 4.79 Å². The summed E-state index contributed by atoms with van der Waals surface area (Å²) in [4.78, 5) is 42.7. The van der Waals surface area contributed by atoms with Gasteiger partial charge < -0.3 is 24.5 Å². The van der Waals surface area contributed by atoms with E-state index in [1.54, 1.807) is 6.07 Å². The summed E-state index contributed by atoms with van der Waals surface area (Å²) in [6.07, 6.45) is 1.40. The maximum absolute atomic E-state index is 13.7. The van der Waals surface area contributed by atoms with Crippen molar-refractivity contribution in [1.82, 2.24) is 9.80 Å². The Kier molecular flexibility index (Phi) is 4.62. The summed E-state index contributed by atoms with van der Waals surface area (Å²) in [6.45, 7) is 3.28. The monoisotopic (exact) mass is 461 g/mol. The third-order valence-electron chi connectivity index (χ3n) is 7.94. The number of amides is 2. The van der Waals surface area contributed by atoms with E-state index in [-0.39, 0.29) is 11.9 Å². The first-order valence-electron chi connectivity index (χ1n) is 11.9. The number of hydrogen-bond acceptors (Lipinski definition) is 5. The van der Waals surface area contributed by atoms with Crippen LogP contribution in [-0.2, 0) is 20.5 Å². The van der Waals surface area contributed by atoms with Crippen molar-refractivity contribution < 1.29 is 24.2 Å². The molecule has 3 aliphatic heterocycles. The van der Waals surface area contributed by atoms with Crippen LogP contribution in [0.2, 0.25) is 0 Å². The van der Waals surface area contributed by atoms with Gasteiger partial charge in [-0.15, -0.1) is 0 Å². The second kappa shape index (κ2) is 7.48. The van der Waals surface area contributed by atoms with E-state index in [0.717, 1.165) is 29.7 Å². The van der Waals surface area contributed by atoms with Crippen LogP contribution in [0.4, 0.5) is 10.5 Å². The summed E-state index contributed by atoms with van der Waals surface area (Å²) in [5, 5.41) is 9.15. The number of rotatable bonds is 3. The third-order valence-corrected chi connectivity index (χ3v) is 7.94. The number of fused-ring (bicyclic) bond motifs is 2.